The Morgan fingerprint density at radius 1 is 0.968 bits per heavy atom. The van der Waals surface area contributed by atoms with Crippen molar-refractivity contribution < 1.29 is 17.9 Å². The fraction of sp³-hybridized carbons (Fsp3) is 0.174. The van der Waals surface area contributed by atoms with E-state index >= 15 is 0 Å². The number of nitrogens with zero attached hydrogens (tertiary/aromatic N) is 2. The van der Waals surface area contributed by atoms with Crippen molar-refractivity contribution >= 4 is 33.2 Å². The summed E-state index contributed by atoms with van der Waals surface area (Å²) in [5.74, 6) is 0.327. The number of benzene rings is 3. The molecule has 0 aliphatic rings. The van der Waals surface area contributed by atoms with Gasteiger partial charge in [-0.2, -0.15) is 0 Å². The zero-order valence-corrected chi connectivity index (χ0v) is 19.0. The van der Waals surface area contributed by atoms with Crippen LogP contribution in [0, 0.1) is 0 Å². The van der Waals surface area contributed by atoms with E-state index in [9.17, 15) is 13.2 Å². The molecule has 0 radical (unpaired) electrons. The number of ether oxygens (including phenoxy) is 1. The average Bonchev–Trinajstić information content (AvgIpc) is 2.79. The van der Waals surface area contributed by atoms with Crippen LogP contribution in [0.4, 0.5) is 5.69 Å². The summed E-state index contributed by atoms with van der Waals surface area (Å²) >= 11 is 6.19. The second kappa shape index (κ2) is 9.41. The second-order valence-electron chi connectivity index (χ2n) is 6.95. The second-order valence-corrected chi connectivity index (χ2v) is 9.33. The average molecular weight is 459 g/mol. The predicted octanol–water partition coefficient (Wildman–Crippen LogP) is 4.45. The van der Waals surface area contributed by atoms with Gasteiger partial charge >= 0.3 is 0 Å². The van der Waals surface area contributed by atoms with E-state index in [0.29, 0.717) is 23.0 Å². The number of carbonyl (C=O) groups is 1. The molecule has 0 N–H and O–H groups in total. The summed E-state index contributed by atoms with van der Waals surface area (Å²) in [6.45, 7) is 0.307. The quantitative estimate of drug-likeness (QED) is 0.524. The van der Waals surface area contributed by atoms with Crippen LogP contribution >= 0.6 is 11.6 Å². The molecule has 162 valence electrons. The lowest BCUT2D eigenvalue weighted by atomic mass is 10.1. The molecule has 0 atom stereocenters. The first-order valence-corrected chi connectivity index (χ1v) is 11.3. The lowest BCUT2D eigenvalue weighted by Crippen LogP contribution is -2.28. The van der Waals surface area contributed by atoms with Crippen LogP contribution in [0.3, 0.4) is 0 Å². The van der Waals surface area contributed by atoms with Gasteiger partial charge in [0.05, 0.1) is 17.7 Å². The maximum absolute atomic E-state index is 13.1. The third kappa shape index (κ3) is 5.00. The number of sulfonamides is 1. The molecule has 3 rings (SSSR count). The van der Waals surface area contributed by atoms with Crippen molar-refractivity contribution in [3.63, 3.8) is 0 Å². The molecule has 0 aliphatic carbocycles. The number of rotatable bonds is 7. The molecular weight excluding hydrogens is 436 g/mol. The normalized spacial score (nSPS) is 11.1. The van der Waals surface area contributed by atoms with Crippen LogP contribution in [-0.2, 0) is 16.6 Å². The number of halogens is 1. The molecule has 31 heavy (non-hydrogen) atoms. The minimum atomic E-state index is -3.86. The van der Waals surface area contributed by atoms with Crippen LogP contribution in [0.15, 0.2) is 77.7 Å². The summed E-state index contributed by atoms with van der Waals surface area (Å²) in [7, 11) is 0.801. The van der Waals surface area contributed by atoms with Crippen LogP contribution in [0.25, 0.3) is 0 Å². The van der Waals surface area contributed by atoms with Gasteiger partial charge in [0, 0.05) is 31.2 Å². The Hall–Kier alpha value is -3.03. The SMILES string of the molecule is COc1ccc(N(C)S(=O)(=O)c2cccc(C(=O)N(C)Cc3ccccc3Cl)c2)cc1. The first-order valence-electron chi connectivity index (χ1n) is 9.46. The Labute approximate surface area is 187 Å². The van der Waals surface area contributed by atoms with Gasteiger partial charge in [-0.1, -0.05) is 35.9 Å². The molecule has 8 heteroatoms. The molecule has 0 spiro atoms. The smallest absolute Gasteiger partial charge is 0.264 e. The van der Waals surface area contributed by atoms with Gasteiger partial charge in [-0.05, 0) is 54.1 Å². The first kappa shape index (κ1) is 22.7. The van der Waals surface area contributed by atoms with Gasteiger partial charge in [0.1, 0.15) is 5.75 Å². The number of methoxy groups -OCH3 is 1. The van der Waals surface area contributed by atoms with Gasteiger partial charge in [-0.3, -0.25) is 9.10 Å². The van der Waals surface area contributed by atoms with Crippen molar-refractivity contribution in [2.24, 2.45) is 0 Å². The first-order chi connectivity index (χ1) is 14.7. The molecular formula is C23H23ClN2O4S. The van der Waals surface area contributed by atoms with E-state index in [4.69, 9.17) is 16.3 Å². The lowest BCUT2D eigenvalue weighted by molar-refractivity contribution is 0.0785. The highest BCUT2D eigenvalue weighted by molar-refractivity contribution is 7.92. The van der Waals surface area contributed by atoms with Crippen molar-refractivity contribution in [2.75, 3.05) is 25.5 Å². The zero-order chi connectivity index (χ0) is 22.6. The van der Waals surface area contributed by atoms with Crippen LogP contribution < -0.4 is 9.04 Å². The molecule has 0 unspecified atom stereocenters. The van der Waals surface area contributed by atoms with Crippen LogP contribution in [0.5, 0.6) is 5.75 Å². The number of anilines is 1. The van der Waals surface area contributed by atoms with Crippen molar-refractivity contribution in [2.45, 2.75) is 11.4 Å². The van der Waals surface area contributed by atoms with Crippen molar-refractivity contribution in [3.8, 4) is 5.75 Å². The molecule has 1 amide bonds. The molecule has 0 aliphatic heterocycles. The van der Waals surface area contributed by atoms with E-state index in [1.807, 2.05) is 18.2 Å². The van der Waals surface area contributed by atoms with E-state index in [1.165, 1.54) is 28.4 Å². The molecule has 3 aromatic carbocycles. The van der Waals surface area contributed by atoms with Gasteiger partial charge in [0.25, 0.3) is 15.9 Å². The summed E-state index contributed by atoms with van der Waals surface area (Å²) in [6, 6.07) is 20.0. The Morgan fingerprint density at radius 3 is 2.29 bits per heavy atom. The molecule has 0 saturated carbocycles. The van der Waals surface area contributed by atoms with Gasteiger partial charge in [0.2, 0.25) is 0 Å². The summed E-state index contributed by atoms with van der Waals surface area (Å²) in [5, 5.41) is 0.569. The van der Waals surface area contributed by atoms with E-state index in [-0.39, 0.29) is 16.4 Å². The third-order valence-corrected chi connectivity index (χ3v) is 7.04. The standard InChI is InChI=1S/C23H23ClN2O4S/c1-25(16-18-7-4-5-10-22(18)24)23(27)17-8-6-9-21(15-17)31(28,29)26(2)19-11-13-20(30-3)14-12-19/h4-15H,16H2,1-3H3. The number of carbonyl (C=O) groups excluding carboxylic acids is 1. The van der Waals surface area contributed by atoms with Gasteiger partial charge in [-0.15, -0.1) is 0 Å². The van der Waals surface area contributed by atoms with E-state index in [0.717, 1.165) is 5.56 Å². The highest BCUT2D eigenvalue weighted by atomic mass is 35.5. The molecule has 0 saturated heterocycles. The van der Waals surface area contributed by atoms with E-state index in [1.54, 1.807) is 56.6 Å². The molecule has 0 bridgehead atoms. The van der Waals surface area contributed by atoms with Gasteiger partial charge in [0.15, 0.2) is 0 Å². The van der Waals surface area contributed by atoms with Crippen LogP contribution in [0.2, 0.25) is 5.02 Å². The molecule has 6 nitrogen and oxygen atoms in total. The minimum absolute atomic E-state index is 0.0304. The number of hydrogen-bond acceptors (Lipinski definition) is 4. The summed E-state index contributed by atoms with van der Waals surface area (Å²) in [4.78, 5) is 14.4. The largest absolute Gasteiger partial charge is 0.497 e. The Balaban J connectivity index is 1.83. The lowest BCUT2D eigenvalue weighted by Gasteiger charge is -2.21. The van der Waals surface area contributed by atoms with Gasteiger partial charge < -0.3 is 9.64 Å². The molecule has 0 fully saturated rings. The minimum Gasteiger partial charge on any atom is -0.497 e. The Kier molecular flexibility index (Phi) is 6.87. The highest BCUT2D eigenvalue weighted by Gasteiger charge is 2.23. The monoisotopic (exact) mass is 458 g/mol. The summed E-state index contributed by atoms with van der Waals surface area (Å²) < 4.78 is 32.5. The molecule has 3 aromatic rings. The van der Waals surface area contributed by atoms with Crippen LogP contribution in [-0.4, -0.2) is 40.4 Å². The van der Waals surface area contributed by atoms with Gasteiger partial charge in [-0.25, -0.2) is 8.42 Å². The van der Waals surface area contributed by atoms with Crippen molar-refractivity contribution in [3.05, 3.63) is 88.9 Å². The van der Waals surface area contributed by atoms with E-state index < -0.39 is 10.0 Å². The van der Waals surface area contributed by atoms with Crippen molar-refractivity contribution in [1.29, 1.82) is 0 Å². The maximum atomic E-state index is 13.1. The van der Waals surface area contributed by atoms with E-state index in [2.05, 4.69) is 0 Å². The maximum Gasteiger partial charge on any atom is 0.264 e. The number of hydrogen-bond donors (Lipinski definition) is 0. The molecule has 0 heterocycles. The predicted molar refractivity (Wildman–Crippen MR) is 122 cm³/mol. The fourth-order valence-electron chi connectivity index (χ4n) is 3.05. The molecule has 0 aromatic heterocycles. The highest BCUT2D eigenvalue weighted by Crippen LogP contribution is 2.25. The Bertz CT molecular complexity index is 1180. The topological polar surface area (TPSA) is 66.9 Å². The summed E-state index contributed by atoms with van der Waals surface area (Å²) in [6.07, 6.45) is 0. The van der Waals surface area contributed by atoms with Crippen LogP contribution in [0.1, 0.15) is 15.9 Å². The zero-order valence-electron chi connectivity index (χ0n) is 17.4. The fourth-order valence-corrected chi connectivity index (χ4v) is 4.49. The Morgan fingerprint density at radius 2 is 1.65 bits per heavy atom. The third-order valence-electron chi connectivity index (χ3n) is 4.89. The summed E-state index contributed by atoms with van der Waals surface area (Å²) in [5.41, 5.74) is 1.56. The number of amides is 1. The van der Waals surface area contributed by atoms with Crippen molar-refractivity contribution in [1.82, 2.24) is 4.90 Å².